The van der Waals surface area contributed by atoms with Crippen molar-refractivity contribution in [2.24, 2.45) is 5.92 Å². The number of likely N-dealkylation sites (tertiary alicyclic amines) is 1. The highest BCUT2D eigenvalue weighted by molar-refractivity contribution is 9.10. The summed E-state index contributed by atoms with van der Waals surface area (Å²) in [7, 11) is 0. The second-order valence-corrected chi connectivity index (χ2v) is 7.20. The summed E-state index contributed by atoms with van der Waals surface area (Å²) >= 11 is 3.49. The second-order valence-electron chi connectivity index (χ2n) is 6.35. The van der Waals surface area contributed by atoms with Gasteiger partial charge in [-0.25, -0.2) is 0 Å². The molecule has 2 aromatic carbocycles. The van der Waals surface area contributed by atoms with Gasteiger partial charge in [-0.15, -0.1) is 0 Å². The van der Waals surface area contributed by atoms with E-state index in [1.54, 1.807) is 0 Å². The predicted molar refractivity (Wildman–Crippen MR) is 102 cm³/mol. The van der Waals surface area contributed by atoms with Crippen molar-refractivity contribution >= 4 is 27.5 Å². The molecule has 1 fully saturated rings. The van der Waals surface area contributed by atoms with Crippen molar-refractivity contribution in [2.75, 3.05) is 25.0 Å². The number of rotatable bonds is 5. The summed E-state index contributed by atoms with van der Waals surface area (Å²) < 4.78 is 0.986. The standard InChI is InChI=1S/C20H23BrN2O/c21-18-8-4-5-9-19(18)22-15-20(24)23-12-10-17(11-13-23)14-16-6-2-1-3-7-16/h1-9,17,22H,10-15H2. The minimum Gasteiger partial charge on any atom is -0.375 e. The fourth-order valence-electron chi connectivity index (χ4n) is 3.22. The maximum absolute atomic E-state index is 12.4. The largest absolute Gasteiger partial charge is 0.375 e. The van der Waals surface area contributed by atoms with Crippen LogP contribution < -0.4 is 5.32 Å². The van der Waals surface area contributed by atoms with Gasteiger partial charge >= 0.3 is 0 Å². The minimum atomic E-state index is 0.184. The number of hydrogen-bond acceptors (Lipinski definition) is 2. The van der Waals surface area contributed by atoms with Crippen molar-refractivity contribution < 1.29 is 4.79 Å². The molecule has 0 saturated carbocycles. The highest BCUT2D eigenvalue weighted by atomic mass is 79.9. The zero-order valence-corrected chi connectivity index (χ0v) is 15.3. The number of benzene rings is 2. The molecule has 1 N–H and O–H groups in total. The molecule has 1 aliphatic rings. The van der Waals surface area contributed by atoms with E-state index in [1.807, 2.05) is 29.2 Å². The number of nitrogens with zero attached hydrogens (tertiary/aromatic N) is 1. The number of piperidine rings is 1. The van der Waals surface area contributed by atoms with Crippen LogP contribution in [-0.4, -0.2) is 30.4 Å². The first-order valence-electron chi connectivity index (χ1n) is 8.52. The fraction of sp³-hybridized carbons (Fsp3) is 0.350. The zero-order valence-electron chi connectivity index (χ0n) is 13.7. The molecule has 0 atom stereocenters. The van der Waals surface area contributed by atoms with Crippen molar-refractivity contribution in [3.63, 3.8) is 0 Å². The third-order valence-electron chi connectivity index (χ3n) is 4.64. The van der Waals surface area contributed by atoms with Crippen LogP contribution in [0.4, 0.5) is 5.69 Å². The molecule has 126 valence electrons. The van der Waals surface area contributed by atoms with Gasteiger partial charge in [-0.2, -0.15) is 0 Å². The molecule has 3 nitrogen and oxygen atoms in total. The van der Waals surface area contributed by atoms with Crippen LogP contribution in [0.15, 0.2) is 59.1 Å². The van der Waals surface area contributed by atoms with Crippen LogP contribution in [0.1, 0.15) is 18.4 Å². The minimum absolute atomic E-state index is 0.184. The van der Waals surface area contributed by atoms with Crippen LogP contribution in [0.25, 0.3) is 0 Å². The van der Waals surface area contributed by atoms with Crippen LogP contribution in [0.5, 0.6) is 0 Å². The van der Waals surface area contributed by atoms with Crippen molar-refractivity contribution in [3.8, 4) is 0 Å². The lowest BCUT2D eigenvalue weighted by Gasteiger charge is -2.32. The van der Waals surface area contributed by atoms with Gasteiger partial charge in [0.15, 0.2) is 0 Å². The Hall–Kier alpha value is -1.81. The number of nitrogens with one attached hydrogen (secondary N) is 1. The summed E-state index contributed by atoms with van der Waals surface area (Å²) in [4.78, 5) is 14.4. The van der Waals surface area contributed by atoms with E-state index in [4.69, 9.17) is 0 Å². The summed E-state index contributed by atoms with van der Waals surface area (Å²) in [6, 6.07) is 18.5. The van der Waals surface area contributed by atoms with Gasteiger partial charge in [0.05, 0.1) is 6.54 Å². The van der Waals surface area contributed by atoms with Crippen molar-refractivity contribution in [3.05, 3.63) is 64.6 Å². The monoisotopic (exact) mass is 386 g/mol. The Balaban J connectivity index is 1.44. The number of amides is 1. The number of para-hydroxylation sites is 1. The Morgan fingerprint density at radius 3 is 2.42 bits per heavy atom. The van der Waals surface area contributed by atoms with E-state index in [0.29, 0.717) is 12.5 Å². The average molecular weight is 387 g/mol. The zero-order chi connectivity index (χ0) is 16.8. The maximum Gasteiger partial charge on any atom is 0.241 e. The van der Waals surface area contributed by atoms with Crippen molar-refractivity contribution in [1.82, 2.24) is 4.90 Å². The molecular formula is C20H23BrN2O. The van der Waals surface area contributed by atoms with Gasteiger partial charge in [-0.05, 0) is 58.8 Å². The van der Waals surface area contributed by atoms with E-state index in [-0.39, 0.29) is 5.91 Å². The first-order chi connectivity index (χ1) is 11.7. The van der Waals surface area contributed by atoms with E-state index in [1.165, 1.54) is 5.56 Å². The van der Waals surface area contributed by atoms with Crippen molar-refractivity contribution in [1.29, 1.82) is 0 Å². The van der Waals surface area contributed by atoms with Gasteiger partial charge in [0, 0.05) is 23.2 Å². The third kappa shape index (κ3) is 4.60. The van der Waals surface area contributed by atoms with E-state index in [0.717, 1.165) is 42.5 Å². The molecule has 0 unspecified atom stereocenters. The molecule has 0 radical (unpaired) electrons. The number of carbonyl (C=O) groups excluding carboxylic acids is 1. The Morgan fingerprint density at radius 1 is 1.04 bits per heavy atom. The van der Waals surface area contributed by atoms with E-state index >= 15 is 0 Å². The smallest absolute Gasteiger partial charge is 0.241 e. The average Bonchev–Trinajstić information content (AvgIpc) is 2.62. The molecule has 4 heteroatoms. The summed E-state index contributed by atoms with van der Waals surface area (Å²) in [6.45, 7) is 2.09. The van der Waals surface area contributed by atoms with Crippen molar-refractivity contribution in [2.45, 2.75) is 19.3 Å². The normalized spacial score (nSPS) is 15.3. The van der Waals surface area contributed by atoms with Crippen LogP contribution in [-0.2, 0) is 11.2 Å². The summed E-state index contributed by atoms with van der Waals surface area (Å²) in [5, 5.41) is 3.22. The first-order valence-corrected chi connectivity index (χ1v) is 9.32. The lowest BCUT2D eigenvalue weighted by molar-refractivity contribution is -0.130. The Labute approximate surface area is 152 Å². The van der Waals surface area contributed by atoms with Crippen LogP contribution in [0.2, 0.25) is 0 Å². The Morgan fingerprint density at radius 2 is 1.71 bits per heavy atom. The Bertz CT molecular complexity index is 666. The molecule has 1 amide bonds. The molecule has 0 spiro atoms. The van der Waals surface area contributed by atoms with Gasteiger partial charge in [0.1, 0.15) is 0 Å². The second kappa shape index (κ2) is 8.34. The molecular weight excluding hydrogens is 364 g/mol. The molecule has 24 heavy (non-hydrogen) atoms. The summed E-state index contributed by atoms with van der Waals surface area (Å²) in [5.74, 6) is 0.872. The molecule has 1 heterocycles. The molecule has 1 saturated heterocycles. The molecule has 3 rings (SSSR count). The lowest BCUT2D eigenvalue weighted by atomic mass is 9.90. The molecule has 0 aromatic heterocycles. The highest BCUT2D eigenvalue weighted by Crippen LogP contribution is 2.23. The van der Waals surface area contributed by atoms with Crippen LogP contribution >= 0.6 is 15.9 Å². The molecule has 2 aromatic rings. The number of carbonyl (C=O) groups is 1. The molecule has 1 aliphatic heterocycles. The Kier molecular flexibility index (Phi) is 5.91. The lowest BCUT2D eigenvalue weighted by Crippen LogP contribution is -2.41. The number of anilines is 1. The predicted octanol–water partition coefficient (Wildman–Crippen LogP) is 4.34. The van der Waals surface area contributed by atoms with Gasteiger partial charge in [-0.3, -0.25) is 4.79 Å². The van der Waals surface area contributed by atoms with Gasteiger partial charge in [0.25, 0.3) is 0 Å². The van der Waals surface area contributed by atoms with Crippen LogP contribution in [0.3, 0.4) is 0 Å². The van der Waals surface area contributed by atoms with Gasteiger partial charge in [-0.1, -0.05) is 42.5 Å². The maximum atomic E-state index is 12.4. The first kappa shape index (κ1) is 17.0. The van der Waals surface area contributed by atoms with Gasteiger partial charge < -0.3 is 10.2 Å². The highest BCUT2D eigenvalue weighted by Gasteiger charge is 2.22. The molecule has 0 aliphatic carbocycles. The SMILES string of the molecule is O=C(CNc1ccccc1Br)N1CCC(Cc2ccccc2)CC1. The molecule has 0 bridgehead atoms. The number of hydrogen-bond donors (Lipinski definition) is 1. The van der Waals surface area contributed by atoms with E-state index in [2.05, 4.69) is 51.6 Å². The number of halogens is 1. The van der Waals surface area contributed by atoms with Gasteiger partial charge in [0.2, 0.25) is 5.91 Å². The topological polar surface area (TPSA) is 32.3 Å². The quantitative estimate of drug-likeness (QED) is 0.828. The fourth-order valence-corrected chi connectivity index (χ4v) is 3.65. The summed E-state index contributed by atoms with van der Waals surface area (Å²) in [6.07, 6.45) is 3.31. The van der Waals surface area contributed by atoms with E-state index < -0.39 is 0 Å². The van der Waals surface area contributed by atoms with E-state index in [9.17, 15) is 4.79 Å². The third-order valence-corrected chi connectivity index (χ3v) is 5.33. The summed E-state index contributed by atoms with van der Waals surface area (Å²) in [5.41, 5.74) is 2.36. The van der Waals surface area contributed by atoms with Crippen LogP contribution in [0, 0.1) is 5.92 Å².